The van der Waals surface area contributed by atoms with E-state index in [1.54, 1.807) is 17.0 Å². The number of hydrogen-bond acceptors (Lipinski definition) is 5. The van der Waals surface area contributed by atoms with Gasteiger partial charge in [-0.15, -0.1) is 0 Å². The van der Waals surface area contributed by atoms with Crippen molar-refractivity contribution in [3.8, 4) is 0 Å². The lowest BCUT2D eigenvalue weighted by Gasteiger charge is -2.35. The molecule has 32 heavy (non-hydrogen) atoms. The Morgan fingerprint density at radius 2 is 1.78 bits per heavy atom. The third-order valence-electron chi connectivity index (χ3n) is 6.33. The minimum Gasteiger partial charge on any atom is -0.368 e. The number of amides is 2. The van der Waals surface area contributed by atoms with Crippen LogP contribution in [0.4, 0.5) is 4.39 Å². The van der Waals surface area contributed by atoms with Crippen LogP contribution in [0, 0.1) is 11.7 Å². The highest BCUT2D eigenvalue weighted by Crippen LogP contribution is 2.31. The first kappa shape index (κ1) is 20.6. The second-order valence-corrected chi connectivity index (χ2v) is 8.56. The molecule has 1 atom stereocenters. The summed E-state index contributed by atoms with van der Waals surface area (Å²) in [4.78, 5) is 28.7. The van der Waals surface area contributed by atoms with Crippen molar-refractivity contribution in [3.05, 3.63) is 70.5 Å². The minimum atomic E-state index is -0.870. The number of carbonyl (C=O) groups is 2. The Morgan fingerprint density at radius 3 is 2.53 bits per heavy atom. The fraction of sp³-hybridized carbons (Fsp3) is 0.375. The Hall–Kier alpha value is -3.26. The number of fused-ring (bicyclic) bond motifs is 1. The number of rotatable bonds is 4. The average molecular weight is 436 g/mol. The SMILES string of the molecule is O=C(c1cc(CC2=NNC(O)c3ccccc32)ccc1F)N1CCN(C(=O)C2CC2)CC1. The molecule has 0 radical (unpaired) electrons. The molecule has 8 heteroatoms. The molecule has 1 aliphatic carbocycles. The fourth-order valence-electron chi connectivity index (χ4n) is 4.33. The van der Waals surface area contributed by atoms with Gasteiger partial charge in [0.15, 0.2) is 6.23 Å². The Balaban J connectivity index is 1.30. The summed E-state index contributed by atoms with van der Waals surface area (Å²) >= 11 is 0. The monoisotopic (exact) mass is 436 g/mol. The van der Waals surface area contributed by atoms with Crippen LogP contribution in [0.2, 0.25) is 0 Å². The quantitative estimate of drug-likeness (QED) is 0.769. The zero-order chi connectivity index (χ0) is 22.2. The summed E-state index contributed by atoms with van der Waals surface area (Å²) in [5.41, 5.74) is 5.75. The van der Waals surface area contributed by atoms with Crippen molar-refractivity contribution in [2.45, 2.75) is 25.5 Å². The normalized spacial score (nSPS) is 20.3. The van der Waals surface area contributed by atoms with Crippen LogP contribution >= 0.6 is 0 Å². The van der Waals surface area contributed by atoms with Crippen LogP contribution in [0.3, 0.4) is 0 Å². The van der Waals surface area contributed by atoms with Crippen molar-refractivity contribution in [1.29, 1.82) is 0 Å². The number of halogens is 1. The molecule has 2 aromatic carbocycles. The summed E-state index contributed by atoms with van der Waals surface area (Å²) in [5.74, 6) is -0.579. The van der Waals surface area contributed by atoms with Crippen LogP contribution < -0.4 is 5.43 Å². The molecule has 2 aromatic rings. The third-order valence-corrected chi connectivity index (χ3v) is 6.33. The summed E-state index contributed by atoms with van der Waals surface area (Å²) in [6.07, 6.45) is 1.44. The van der Waals surface area contributed by atoms with Gasteiger partial charge >= 0.3 is 0 Å². The van der Waals surface area contributed by atoms with E-state index in [4.69, 9.17) is 0 Å². The van der Waals surface area contributed by atoms with Crippen LogP contribution in [0.25, 0.3) is 0 Å². The molecule has 3 aliphatic rings. The van der Waals surface area contributed by atoms with Crippen LogP contribution in [0.5, 0.6) is 0 Å². The molecule has 0 aromatic heterocycles. The van der Waals surface area contributed by atoms with E-state index in [0.29, 0.717) is 38.3 Å². The molecule has 166 valence electrons. The van der Waals surface area contributed by atoms with E-state index in [9.17, 15) is 19.1 Å². The predicted molar refractivity (Wildman–Crippen MR) is 116 cm³/mol. The lowest BCUT2D eigenvalue weighted by molar-refractivity contribution is -0.134. The Kier molecular flexibility index (Phi) is 5.38. The molecule has 2 heterocycles. The van der Waals surface area contributed by atoms with Gasteiger partial charge in [-0.05, 0) is 30.5 Å². The minimum absolute atomic E-state index is 0.0298. The topological polar surface area (TPSA) is 85.2 Å². The lowest BCUT2D eigenvalue weighted by Crippen LogP contribution is -2.51. The van der Waals surface area contributed by atoms with Gasteiger partial charge in [-0.1, -0.05) is 30.3 Å². The van der Waals surface area contributed by atoms with Gasteiger partial charge in [-0.3, -0.25) is 15.0 Å². The van der Waals surface area contributed by atoms with Crippen LogP contribution in [0.1, 0.15) is 46.1 Å². The molecule has 7 nitrogen and oxygen atoms in total. The Morgan fingerprint density at radius 1 is 1.06 bits per heavy atom. The fourth-order valence-corrected chi connectivity index (χ4v) is 4.33. The van der Waals surface area contributed by atoms with Crippen molar-refractivity contribution in [2.75, 3.05) is 26.2 Å². The van der Waals surface area contributed by atoms with Gasteiger partial charge in [0.1, 0.15) is 5.82 Å². The van der Waals surface area contributed by atoms with E-state index in [1.165, 1.54) is 6.07 Å². The molecule has 1 saturated carbocycles. The van der Waals surface area contributed by atoms with Gasteiger partial charge in [0.2, 0.25) is 5.91 Å². The number of carbonyl (C=O) groups excluding carboxylic acids is 2. The average Bonchev–Trinajstić information content (AvgIpc) is 3.67. The molecule has 2 aliphatic heterocycles. The number of hydrazone groups is 1. The van der Waals surface area contributed by atoms with Crippen molar-refractivity contribution >= 4 is 17.5 Å². The maximum Gasteiger partial charge on any atom is 0.256 e. The van der Waals surface area contributed by atoms with Gasteiger partial charge in [-0.25, -0.2) is 4.39 Å². The maximum absolute atomic E-state index is 14.6. The number of benzene rings is 2. The van der Waals surface area contributed by atoms with Crippen molar-refractivity contribution in [2.24, 2.45) is 11.0 Å². The molecule has 1 saturated heterocycles. The maximum atomic E-state index is 14.6. The third kappa shape index (κ3) is 3.98. The first-order valence-electron chi connectivity index (χ1n) is 11.0. The number of hydrogen-bond donors (Lipinski definition) is 2. The van der Waals surface area contributed by atoms with E-state index in [0.717, 1.165) is 29.5 Å². The predicted octanol–water partition coefficient (Wildman–Crippen LogP) is 2.06. The summed E-state index contributed by atoms with van der Waals surface area (Å²) in [7, 11) is 0. The number of aliphatic hydroxyl groups excluding tert-OH is 1. The van der Waals surface area contributed by atoms with Gasteiger partial charge < -0.3 is 14.9 Å². The molecular formula is C24H25FN4O3. The van der Waals surface area contributed by atoms with Crippen molar-refractivity contribution in [1.82, 2.24) is 15.2 Å². The molecule has 0 spiro atoms. The first-order valence-corrected chi connectivity index (χ1v) is 11.0. The highest BCUT2D eigenvalue weighted by atomic mass is 19.1. The van der Waals surface area contributed by atoms with E-state index in [1.807, 2.05) is 29.2 Å². The molecular weight excluding hydrogens is 411 g/mol. The molecule has 5 rings (SSSR count). The van der Waals surface area contributed by atoms with Gasteiger partial charge in [-0.2, -0.15) is 5.10 Å². The lowest BCUT2D eigenvalue weighted by atomic mass is 9.95. The van der Waals surface area contributed by atoms with E-state index in [2.05, 4.69) is 10.5 Å². The van der Waals surface area contributed by atoms with Crippen molar-refractivity contribution in [3.63, 3.8) is 0 Å². The second-order valence-electron chi connectivity index (χ2n) is 8.56. The number of nitrogens with one attached hydrogen (secondary N) is 1. The second kappa shape index (κ2) is 8.35. The highest BCUT2D eigenvalue weighted by molar-refractivity contribution is 6.04. The standard InChI is InChI=1S/C24H25FN4O3/c25-20-8-5-15(14-21-17-3-1-2-4-18(17)22(30)27-26-21)13-19(20)24(32)29-11-9-28(10-12-29)23(31)16-6-7-16/h1-5,8,13,16,22,27,30H,6-7,9-12,14H2. The Bertz CT molecular complexity index is 1090. The number of nitrogens with zero attached hydrogens (tertiary/aromatic N) is 3. The summed E-state index contributed by atoms with van der Waals surface area (Å²) in [6.45, 7) is 1.79. The molecule has 2 amide bonds. The van der Waals surface area contributed by atoms with Crippen LogP contribution in [-0.4, -0.2) is 58.6 Å². The Labute approximate surface area is 185 Å². The molecule has 1 unspecified atom stereocenters. The zero-order valence-corrected chi connectivity index (χ0v) is 17.6. The van der Waals surface area contributed by atoms with Gasteiger partial charge in [0, 0.05) is 49.6 Å². The van der Waals surface area contributed by atoms with Gasteiger partial charge in [0.05, 0.1) is 11.3 Å². The van der Waals surface area contributed by atoms with E-state index < -0.39 is 12.0 Å². The first-order chi connectivity index (χ1) is 15.5. The number of aliphatic hydroxyl groups is 1. The highest BCUT2D eigenvalue weighted by Gasteiger charge is 2.35. The summed E-state index contributed by atoms with van der Waals surface area (Å²) in [5, 5.41) is 14.4. The largest absolute Gasteiger partial charge is 0.368 e. The van der Waals surface area contributed by atoms with Crippen LogP contribution in [-0.2, 0) is 11.2 Å². The zero-order valence-electron chi connectivity index (χ0n) is 17.6. The van der Waals surface area contributed by atoms with E-state index >= 15 is 0 Å². The van der Waals surface area contributed by atoms with Crippen LogP contribution in [0.15, 0.2) is 47.6 Å². The molecule has 2 fully saturated rings. The van der Waals surface area contributed by atoms with Crippen molar-refractivity contribution < 1.29 is 19.1 Å². The van der Waals surface area contributed by atoms with Gasteiger partial charge in [0.25, 0.3) is 5.91 Å². The summed E-state index contributed by atoms with van der Waals surface area (Å²) < 4.78 is 14.6. The molecule has 2 N–H and O–H groups in total. The smallest absolute Gasteiger partial charge is 0.256 e. The molecule has 0 bridgehead atoms. The summed E-state index contributed by atoms with van der Waals surface area (Å²) in [6, 6.07) is 12.0. The number of piperazine rings is 1. The van der Waals surface area contributed by atoms with E-state index in [-0.39, 0.29) is 23.3 Å².